The molecular weight excluding hydrogens is 182 g/mol. The molecule has 1 saturated heterocycles. The highest BCUT2D eigenvalue weighted by atomic mass is 16.5. The Labute approximate surface area is 82.2 Å². The Hall–Kier alpha value is -1.29. The predicted octanol–water partition coefficient (Wildman–Crippen LogP) is 0.756. The quantitative estimate of drug-likeness (QED) is 0.708. The maximum Gasteiger partial charge on any atom is 0.310 e. The molecule has 1 aliphatic heterocycles. The van der Waals surface area contributed by atoms with Crippen molar-refractivity contribution in [2.24, 2.45) is 5.92 Å². The Balaban J connectivity index is 2.15. The van der Waals surface area contributed by atoms with Crippen molar-refractivity contribution >= 4 is 5.97 Å². The molecule has 0 bridgehead atoms. The van der Waals surface area contributed by atoms with E-state index in [1.807, 2.05) is 12.1 Å². The maximum absolute atomic E-state index is 11.4. The number of hydrogen-bond donors (Lipinski definition) is 1. The Bertz CT molecular complexity index is 307. The fourth-order valence-corrected chi connectivity index (χ4v) is 1.88. The first-order chi connectivity index (χ1) is 6.83. The summed E-state index contributed by atoms with van der Waals surface area (Å²) >= 11 is 0. The van der Waals surface area contributed by atoms with Crippen molar-refractivity contribution < 1.29 is 13.9 Å². The van der Waals surface area contributed by atoms with Crippen LogP contribution in [0.4, 0.5) is 0 Å². The van der Waals surface area contributed by atoms with Crippen molar-refractivity contribution in [3.05, 3.63) is 24.2 Å². The molecule has 2 rings (SSSR count). The van der Waals surface area contributed by atoms with Crippen molar-refractivity contribution in [2.45, 2.75) is 5.92 Å². The highest BCUT2D eigenvalue weighted by molar-refractivity contribution is 5.74. The van der Waals surface area contributed by atoms with E-state index in [9.17, 15) is 4.79 Å². The van der Waals surface area contributed by atoms with Crippen molar-refractivity contribution in [1.82, 2.24) is 5.32 Å². The van der Waals surface area contributed by atoms with Crippen LogP contribution in [0.15, 0.2) is 22.8 Å². The van der Waals surface area contributed by atoms with E-state index in [0.717, 1.165) is 12.3 Å². The van der Waals surface area contributed by atoms with E-state index in [4.69, 9.17) is 9.15 Å². The smallest absolute Gasteiger partial charge is 0.310 e. The van der Waals surface area contributed by atoms with Crippen molar-refractivity contribution in [1.29, 1.82) is 0 Å². The van der Waals surface area contributed by atoms with E-state index in [0.29, 0.717) is 6.54 Å². The minimum Gasteiger partial charge on any atom is -0.469 e. The van der Waals surface area contributed by atoms with Crippen LogP contribution < -0.4 is 5.32 Å². The predicted molar refractivity (Wildman–Crippen MR) is 49.8 cm³/mol. The van der Waals surface area contributed by atoms with Crippen LogP contribution in [-0.4, -0.2) is 26.2 Å². The number of rotatable bonds is 2. The van der Waals surface area contributed by atoms with E-state index in [1.54, 1.807) is 6.26 Å². The number of furan rings is 1. The average Bonchev–Trinajstić information content (AvgIpc) is 2.85. The van der Waals surface area contributed by atoms with Gasteiger partial charge in [0.1, 0.15) is 5.76 Å². The molecular formula is C10H13NO3. The number of methoxy groups -OCH3 is 1. The zero-order valence-electron chi connectivity index (χ0n) is 8.03. The summed E-state index contributed by atoms with van der Waals surface area (Å²) < 4.78 is 10.0. The molecule has 4 heteroatoms. The molecule has 1 aliphatic rings. The lowest BCUT2D eigenvalue weighted by molar-refractivity contribution is -0.145. The Morgan fingerprint density at radius 3 is 3.14 bits per heavy atom. The molecule has 0 radical (unpaired) electrons. The molecule has 76 valence electrons. The van der Waals surface area contributed by atoms with Crippen LogP contribution in [-0.2, 0) is 9.53 Å². The van der Waals surface area contributed by atoms with Gasteiger partial charge in [-0.25, -0.2) is 0 Å². The van der Waals surface area contributed by atoms with Gasteiger partial charge in [0.05, 0.1) is 19.3 Å². The molecule has 1 aromatic rings. The zero-order chi connectivity index (χ0) is 9.97. The van der Waals surface area contributed by atoms with Crippen LogP contribution in [0.2, 0.25) is 0 Å². The first kappa shape index (κ1) is 9.27. The van der Waals surface area contributed by atoms with Crippen molar-refractivity contribution in [3.8, 4) is 0 Å². The van der Waals surface area contributed by atoms with E-state index < -0.39 is 0 Å². The van der Waals surface area contributed by atoms with Crippen LogP contribution in [0, 0.1) is 5.92 Å². The SMILES string of the molecule is COC(=O)[C@@H]1CNC[C@H]1c1ccco1. The summed E-state index contributed by atoms with van der Waals surface area (Å²) in [5, 5.41) is 3.17. The molecule has 1 aromatic heterocycles. The summed E-state index contributed by atoms with van der Waals surface area (Å²) in [6.45, 7) is 1.44. The monoisotopic (exact) mass is 195 g/mol. The number of nitrogens with one attached hydrogen (secondary N) is 1. The van der Waals surface area contributed by atoms with Crippen LogP contribution in [0.1, 0.15) is 11.7 Å². The first-order valence-corrected chi connectivity index (χ1v) is 4.65. The molecule has 1 N–H and O–H groups in total. The third-order valence-corrected chi connectivity index (χ3v) is 2.63. The third kappa shape index (κ3) is 1.53. The van der Waals surface area contributed by atoms with E-state index in [-0.39, 0.29) is 17.8 Å². The summed E-state index contributed by atoms with van der Waals surface area (Å²) in [5.41, 5.74) is 0. The van der Waals surface area contributed by atoms with Crippen molar-refractivity contribution in [2.75, 3.05) is 20.2 Å². The summed E-state index contributed by atoms with van der Waals surface area (Å²) in [6.07, 6.45) is 1.63. The van der Waals surface area contributed by atoms with Gasteiger partial charge in [-0.3, -0.25) is 4.79 Å². The van der Waals surface area contributed by atoms with Crippen LogP contribution in [0.5, 0.6) is 0 Å². The van der Waals surface area contributed by atoms with Crippen LogP contribution >= 0.6 is 0 Å². The Morgan fingerprint density at radius 2 is 2.50 bits per heavy atom. The Morgan fingerprint density at radius 1 is 1.64 bits per heavy atom. The largest absolute Gasteiger partial charge is 0.469 e. The summed E-state index contributed by atoms with van der Waals surface area (Å²) in [4.78, 5) is 11.4. The molecule has 2 heterocycles. The number of ether oxygens (including phenoxy) is 1. The summed E-state index contributed by atoms with van der Waals surface area (Å²) in [7, 11) is 1.42. The number of hydrogen-bond acceptors (Lipinski definition) is 4. The highest BCUT2D eigenvalue weighted by Gasteiger charge is 2.36. The molecule has 0 aliphatic carbocycles. The molecule has 0 spiro atoms. The minimum absolute atomic E-state index is 0.109. The number of carbonyl (C=O) groups excluding carboxylic acids is 1. The van der Waals surface area contributed by atoms with Gasteiger partial charge in [-0.15, -0.1) is 0 Å². The average molecular weight is 195 g/mol. The van der Waals surface area contributed by atoms with Gasteiger partial charge >= 0.3 is 5.97 Å². The van der Waals surface area contributed by atoms with Gasteiger partial charge in [-0.05, 0) is 12.1 Å². The second kappa shape index (κ2) is 3.84. The zero-order valence-corrected chi connectivity index (χ0v) is 8.03. The molecule has 2 atom stereocenters. The second-order valence-electron chi connectivity index (χ2n) is 3.41. The highest BCUT2D eigenvalue weighted by Crippen LogP contribution is 2.28. The molecule has 14 heavy (non-hydrogen) atoms. The normalized spacial score (nSPS) is 26.4. The minimum atomic E-state index is -0.170. The third-order valence-electron chi connectivity index (χ3n) is 2.63. The lowest BCUT2D eigenvalue weighted by Crippen LogP contribution is -2.22. The number of carbonyl (C=O) groups is 1. The first-order valence-electron chi connectivity index (χ1n) is 4.65. The van der Waals surface area contributed by atoms with Gasteiger partial charge < -0.3 is 14.5 Å². The van der Waals surface area contributed by atoms with Crippen LogP contribution in [0.25, 0.3) is 0 Å². The van der Waals surface area contributed by atoms with Gasteiger partial charge in [0.25, 0.3) is 0 Å². The Kier molecular flexibility index (Phi) is 2.54. The van der Waals surface area contributed by atoms with Gasteiger partial charge in [-0.2, -0.15) is 0 Å². The fourth-order valence-electron chi connectivity index (χ4n) is 1.88. The van der Waals surface area contributed by atoms with E-state index >= 15 is 0 Å². The summed E-state index contributed by atoms with van der Waals surface area (Å²) in [6, 6.07) is 3.73. The van der Waals surface area contributed by atoms with Gasteiger partial charge in [0.15, 0.2) is 0 Å². The molecule has 1 fully saturated rings. The molecule has 0 saturated carbocycles. The fraction of sp³-hybridized carbons (Fsp3) is 0.500. The second-order valence-corrected chi connectivity index (χ2v) is 3.41. The number of esters is 1. The molecule has 4 nitrogen and oxygen atoms in total. The van der Waals surface area contributed by atoms with E-state index in [1.165, 1.54) is 7.11 Å². The molecule has 0 amide bonds. The van der Waals surface area contributed by atoms with Gasteiger partial charge in [0, 0.05) is 19.0 Å². The molecule has 0 unspecified atom stereocenters. The van der Waals surface area contributed by atoms with Crippen LogP contribution in [0.3, 0.4) is 0 Å². The topological polar surface area (TPSA) is 51.5 Å². The lowest BCUT2D eigenvalue weighted by atomic mass is 9.94. The lowest BCUT2D eigenvalue weighted by Gasteiger charge is -2.13. The maximum atomic E-state index is 11.4. The van der Waals surface area contributed by atoms with Gasteiger partial charge in [-0.1, -0.05) is 0 Å². The standard InChI is InChI=1S/C10H13NO3/c1-13-10(12)8-6-11-5-7(8)9-3-2-4-14-9/h2-4,7-8,11H,5-6H2,1H3/t7-,8-/m1/s1. The van der Waals surface area contributed by atoms with Crippen molar-refractivity contribution in [3.63, 3.8) is 0 Å². The van der Waals surface area contributed by atoms with Gasteiger partial charge in [0.2, 0.25) is 0 Å². The van der Waals surface area contributed by atoms with E-state index in [2.05, 4.69) is 5.32 Å². The summed E-state index contributed by atoms with van der Waals surface area (Å²) in [5.74, 6) is 0.672. The molecule has 0 aromatic carbocycles.